The number of halogens is 4. The first kappa shape index (κ1) is 12.0. The second-order valence-electron chi connectivity index (χ2n) is 3.39. The highest BCUT2D eigenvalue weighted by Crippen LogP contribution is 2.26. The number of benzene rings is 1. The van der Waals surface area contributed by atoms with Crippen LogP contribution in [0.5, 0.6) is 5.75 Å². The van der Waals surface area contributed by atoms with Crippen LogP contribution in [0.1, 0.15) is 6.42 Å². The van der Waals surface area contributed by atoms with Crippen molar-refractivity contribution < 1.29 is 17.9 Å². The molecule has 1 heterocycles. The maximum Gasteiger partial charge on any atom is 0.573 e. The molecule has 1 aromatic rings. The second-order valence-corrected chi connectivity index (χ2v) is 3.83. The van der Waals surface area contributed by atoms with E-state index in [0.29, 0.717) is 23.8 Å². The number of rotatable bonds is 2. The Hall–Kier alpha value is -1.43. The van der Waals surface area contributed by atoms with E-state index in [-0.39, 0.29) is 5.75 Å². The average Bonchev–Trinajstić information content (AvgIpc) is 2.63. The van der Waals surface area contributed by atoms with Crippen molar-refractivity contribution in [1.29, 1.82) is 0 Å². The number of anilines is 1. The largest absolute Gasteiger partial charge is 0.573 e. The molecule has 0 atom stereocenters. The highest BCUT2D eigenvalue weighted by molar-refractivity contribution is 6.65. The fourth-order valence-corrected chi connectivity index (χ4v) is 1.61. The van der Waals surface area contributed by atoms with Gasteiger partial charge in [-0.1, -0.05) is 11.6 Å². The number of alkyl halides is 3. The quantitative estimate of drug-likeness (QED) is 0.818. The minimum atomic E-state index is -4.67. The van der Waals surface area contributed by atoms with Crippen molar-refractivity contribution in [3.05, 3.63) is 24.3 Å². The van der Waals surface area contributed by atoms with Crippen molar-refractivity contribution in [2.75, 3.05) is 11.6 Å². The van der Waals surface area contributed by atoms with E-state index in [2.05, 4.69) is 9.84 Å². The number of hydrazone groups is 1. The van der Waals surface area contributed by atoms with Crippen LogP contribution in [0.15, 0.2) is 29.4 Å². The Labute approximate surface area is 100 Å². The molecule has 0 fully saturated rings. The molecule has 2 rings (SSSR count). The Kier molecular flexibility index (Phi) is 3.15. The molecular weight excluding hydrogens is 257 g/mol. The molecule has 1 aromatic carbocycles. The molecule has 17 heavy (non-hydrogen) atoms. The maximum absolute atomic E-state index is 11.9. The topological polar surface area (TPSA) is 24.8 Å². The lowest BCUT2D eigenvalue weighted by atomic mass is 10.3. The van der Waals surface area contributed by atoms with E-state index in [1.54, 1.807) is 5.01 Å². The highest BCUT2D eigenvalue weighted by atomic mass is 35.5. The van der Waals surface area contributed by atoms with E-state index < -0.39 is 6.36 Å². The standard InChI is InChI=1S/C10H8ClF3N2O/c11-9-5-6-16(15-9)7-1-3-8(4-2-7)17-10(12,13)14/h1-4H,5-6H2. The van der Waals surface area contributed by atoms with Gasteiger partial charge in [0.15, 0.2) is 0 Å². The number of ether oxygens (including phenoxy) is 1. The molecular formula is C10H8ClF3N2O. The lowest BCUT2D eigenvalue weighted by molar-refractivity contribution is -0.274. The zero-order valence-electron chi connectivity index (χ0n) is 8.54. The van der Waals surface area contributed by atoms with Gasteiger partial charge in [0.05, 0.1) is 5.69 Å². The van der Waals surface area contributed by atoms with Crippen LogP contribution in [0.4, 0.5) is 18.9 Å². The molecule has 0 saturated carbocycles. The Bertz CT molecular complexity index is 430. The third kappa shape index (κ3) is 3.26. The second kappa shape index (κ2) is 4.44. The normalized spacial score (nSPS) is 16.0. The van der Waals surface area contributed by atoms with Crippen LogP contribution >= 0.6 is 11.6 Å². The minimum Gasteiger partial charge on any atom is -0.406 e. The van der Waals surface area contributed by atoms with Gasteiger partial charge < -0.3 is 4.74 Å². The number of hydrogen-bond donors (Lipinski definition) is 0. The summed E-state index contributed by atoms with van der Waals surface area (Å²) in [5.41, 5.74) is 0.676. The first-order valence-electron chi connectivity index (χ1n) is 4.80. The van der Waals surface area contributed by atoms with Crippen molar-refractivity contribution in [1.82, 2.24) is 0 Å². The van der Waals surface area contributed by atoms with E-state index in [1.165, 1.54) is 24.3 Å². The molecule has 92 valence electrons. The van der Waals surface area contributed by atoms with Gasteiger partial charge in [0.2, 0.25) is 0 Å². The Morgan fingerprint density at radius 1 is 1.24 bits per heavy atom. The van der Waals surface area contributed by atoms with Crippen LogP contribution < -0.4 is 9.75 Å². The predicted molar refractivity (Wildman–Crippen MR) is 58.4 cm³/mol. The molecule has 0 amide bonds. The van der Waals surface area contributed by atoms with E-state index in [9.17, 15) is 13.2 Å². The van der Waals surface area contributed by atoms with Gasteiger partial charge in [0.1, 0.15) is 10.9 Å². The summed E-state index contributed by atoms with van der Waals surface area (Å²) in [4.78, 5) is 0. The van der Waals surface area contributed by atoms with Crippen LogP contribution in [0.2, 0.25) is 0 Å². The molecule has 0 radical (unpaired) electrons. The van der Waals surface area contributed by atoms with Crippen molar-refractivity contribution in [2.24, 2.45) is 5.10 Å². The predicted octanol–water partition coefficient (Wildman–Crippen LogP) is 3.35. The Morgan fingerprint density at radius 3 is 2.35 bits per heavy atom. The zero-order valence-corrected chi connectivity index (χ0v) is 9.29. The van der Waals surface area contributed by atoms with Crippen molar-refractivity contribution in [2.45, 2.75) is 12.8 Å². The van der Waals surface area contributed by atoms with Gasteiger partial charge in [-0.05, 0) is 24.3 Å². The van der Waals surface area contributed by atoms with Gasteiger partial charge in [-0.3, -0.25) is 5.01 Å². The minimum absolute atomic E-state index is 0.254. The maximum atomic E-state index is 11.9. The van der Waals surface area contributed by atoms with Crippen molar-refractivity contribution >= 4 is 22.5 Å². The molecule has 3 nitrogen and oxygen atoms in total. The summed E-state index contributed by atoms with van der Waals surface area (Å²) in [5.74, 6) is -0.254. The van der Waals surface area contributed by atoms with Gasteiger partial charge in [0, 0.05) is 13.0 Å². The number of nitrogens with zero attached hydrogens (tertiary/aromatic N) is 2. The van der Waals surface area contributed by atoms with E-state index in [0.717, 1.165) is 0 Å². The summed E-state index contributed by atoms with van der Waals surface area (Å²) in [6, 6.07) is 5.48. The van der Waals surface area contributed by atoms with Crippen LogP contribution in [0.3, 0.4) is 0 Å². The summed E-state index contributed by atoms with van der Waals surface area (Å²) in [6.45, 7) is 0.623. The average molecular weight is 265 g/mol. The van der Waals surface area contributed by atoms with E-state index in [4.69, 9.17) is 11.6 Å². The monoisotopic (exact) mass is 264 g/mol. The third-order valence-corrected chi connectivity index (χ3v) is 2.39. The summed E-state index contributed by atoms with van der Waals surface area (Å²) in [5, 5.41) is 6.13. The van der Waals surface area contributed by atoms with Gasteiger partial charge in [-0.15, -0.1) is 13.2 Å². The van der Waals surface area contributed by atoms with Gasteiger partial charge in [-0.2, -0.15) is 5.10 Å². The number of hydrogen-bond acceptors (Lipinski definition) is 3. The smallest absolute Gasteiger partial charge is 0.406 e. The highest BCUT2D eigenvalue weighted by Gasteiger charge is 2.31. The summed E-state index contributed by atoms with van der Waals surface area (Å²) in [7, 11) is 0. The Morgan fingerprint density at radius 2 is 1.88 bits per heavy atom. The molecule has 7 heteroatoms. The van der Waals surface area contributed by atoms with Crippen molar-refractivity contribution in [3.63, 3.8) is 0 Å². The summed E-state index contributed by atoms with van der Waals surface area (Å²) >= 11 is 5.71. The van der Waals surface area contributed by atoms with Crippen LogP contribution in [-0.4, -0.2) is 18.1 Å². The molecule has 0 saturated heterocycles. The lowest BCUT2D eigenvalue weighted by Gasteiger charge is -2.14. The van der Waals surface area contributed by atoms with Crippen LogP contribution in [0, 0.1) is 0 Å². The SMILES string of the molecule is FC(F)(F)Oc1ccc(N2CCC(Cl)=N2)cc1. The molecule has 0 aromatic heterocycles. The lowest BCUT2D eigenvalue weighted by Crippen LogP contribution is -2.17. The molecule has 0 aliphatic carbocycles. The fourth-order valence-electron chi connectivity index (χ4n) is 1.44. The third-order valence-electron chi connectivity index (χ3n) is 2.13. The molecule has 1 aliphatic heterocycles. The first-order valence-corrected chi connectivity index (χ1v) is 5.18. The molecule has 0 spiro atoms. The van der Waals surface area contributed by atoms with Gasteiger partial charge >= 0.3 is 6.36 Å². The molecule has 0 N–H and O–H groups in total. The molecule has 1 aliphatic rings. The Balaban J connectivity index is 2.08. The van der Waals surface area contributed by atoms with Gasteiger partial charge in [-0.25, -0.2) is 0 Å². The van der Waals surface area contributed by atoms with Crippen molar-refractivity contribution in [3.8, 4) is 5.75 Å². The summed E-state index contributed by atoms with van der Waals surface area (Å²) in [6.07, 6.45) is -4.03. The first-order chi connectivity index (χ1) is 7.94. The fraction of sp³-hybridized carbons (Fsp3) is 0.300. The van der Waals surface area contributed by atoms with E-state index in [1.807, 2.05) is 0 Å². The van der Waals surface area contributed by atoms with E-state index >= 15 is 0 Å². The van der Waals surface area contributed by atoms with Crippen LogP contribution in [-0.2, 0) is 0 Å². The molecule has 0 bridgehead atoms. The molecule has 0 unspecified atom stereocenters. The summed E-state index contributed by atoms with van der Waals surface area (Å²) < 4.78 is 39.5. The van der Waals surface area contributed by atoms with Gasteiger partial charge in [0.25, 0.3) is 0 Å². The van der Waals surface area contributed by atoms with Crippen LogP contribution in [0.25, 0.3) is 0 Å². The zero-order chi connectivity index (χ0) is 12.5.